The van der Waals surface area contributed by atoms with E-state index in [1.165, 1.54) is 18.4 Å². The van der Waals surface area contributed by atoms with Gasteiger partial charge in [0, 0.05) is 5.69 Å². The van der Waals surface area contributed by atoms with Crippen LogP contribution in [0.1, 0.15) is 39.2 Å². The predicted octanol–water partition coefficient (Wildman–Crippen LogP) is 5.40. The first-order valence-electron chi connectivity index (χ1n) is 8.28. The number of alkyl halides is 3. The summed E-state index contributed by atoms with van der Waals surface area (Å²) < 4.78 is 37.3. The second-order valence-corrected chi connectivity index (χ2v) is 7.23. The Kier molecular flexibility index (Phi) is 5.17. The fraction of sp³-hybridized carbons (Fsp3) is 0.450. The van der Waals surface area contributed by atoms with E-state index in [0.717, 1.165) is 16.4 Å². The molecule has 25 heavy (non-hydrogen) atoms. The summed E-state index contributed by atoms with van der Waals surface area (Å²) in [4.78, 5) is 12.8. The van der Waals surface area contributed by atoms with Crippen LogP contribution in [0.2, 0.25) is 0 Å². The van der Waals surface area contributed by atoms with Gasteiger partial charge < -0.3 is 4.90 Å². The maximum absolute atomic E-state index is 12.4. The van der Waals surface area contributed by atoms with Crippen molar-refractivity contribution < 1.29 is 18.0 Å². The van der Waals surface area contributed by atoms with Crippen molar-refractivity contribution in [3.63, 3.8) is 0 Å². The van der Waals surface area contributed by atoms with E-state index in [-0.39, 0.29) is 0 Å². The number of fused-ring (bicyclic) bond motifs is 1. The number of amides is 1. The lowest BCUT2D eigenvalue weighted by atomic mass is 9.86. The summed E-state index contributed by atoms with van der Waals surface area (Å²) in [7, 11) is 0. The molecular formula is C20H24F3NO. The molecule has 1 aromatic rings. The summed E-state index contributed by atoms with van der Waals surface area (Å²) in [6.07, 6.45) is -1.71. The Morgan fingerprint density at radius 2 is 1.80 bits per heavy atom. The van der Waals surface area contributed by atoms with Crippen molar-refractivity contribution in [3.05, 3.63) is 54.1 Å². The van der Waals surface area contributed by atoms with Gasteiger partial charge in [0.25, 0.3) is 0 Å². The maximum atomic E-state index is 12.4. The zero-order valence-corrected chi connectivity index (χ0v) is 14.9. The first-order chi connectivity index (χ1) is 11.4. The molecule has 136 valence electrons. The number of carbonyl (C=O) groups is 1. The molecular weight excluding hydrogens is 327 g/mol. The third kappa shape index (κ3) is 4.33. The SMILES string of the molecule is C=C(C)C(=C)C1CC1.CC1(C)C(=O)N(CC(F)(F)F)c2ccccc21. The number of hydrogen-bond acceptors (Lipinski definition) is 1. The first-order valence-corrected chi connectivity index (χ1v) is 8.28. The molecule has 1 aromatic carbocycles. The highest BCUT2D eigenvalue weighted by molar-refractivity contribution is 6.07. The topological polar surface area (TPSA) is 20.3 Å². The van der Waals surface area contributed by atoms with Crippen LogP contribution < -0.4 is 4.90 Å². The molecule has 1 heterocycles. The van der Waals surface area contributed by atoms with Gasteiger partial charge >= 0.3 is 6.18 Å². The number of benzene rings is 1. The number of rotatable bonds is 3. The monoisotopic (exact) mass is 351 g/mol. The van der Waals surface area contributed by atoms with Crippen LogP contribution in [0.15, 0.2) is 48.6 Å². The van der Waals surface area contributed by atoms with Crippen molar-refractivity contribution in [2.24, 2.45) is 5.92 Å². The fourth-order valence-corrected chi connectivity index (χ4v) is 2.92. The van der Waals surface area contributed by atoms with Gasteiger partial charge in [-0.2, -0.15) is 13.2 Å². The maximum Gasteiger partial charge on any atom is 0.406 e. The van der Waals surface area contributed by atoms with Gasteiger partial charge in [-0.05, 0) is 56.7 Å². The molecule has 0 saturated heterocycles. The van der Waals surface area contributed by atoms with Crippen LogP contribution in [0.25, 0.3) is 0 Å². The van der Waals surface area contributed by atoms with Gasteiger partial charge in [-0.25, -0.2) is 0 Å². The van der Waals surface area contributed by atoms with Crippen molar-refractivity contribution in [2.45, 2.75) is 45.2 Å². The lowest BCUT2D eigenvalue weighted by molar-refractivity contribution is -0.134. The van der Waals surface area contributed by atoms with Crippen LogP contribution >= 0.6 is 0 Å². The minimum atomic E-state index is -4.39. The molecule has 2 aliphatic rings. The highest BCUT2D eigenvalue weighted by atomic mass is 19.4. The summed E-state index contributed by atoms with van der Waals surface area (Å²) in [5, 5.41) is 0. The summed E-state index contributed by atoms with van der Waals surface area (Å²) in [6, 6.07) is 6.61. The normalized spacial score (nSPS) is 18.3. The smallest absolute Gasteiger partial charge is 0.302 e. The lowest BCUT2D eigenvalue weighted by Crippen LogP contribution is -2.41. The van der Waals surface area contributed by atoms with Crippen LogP contribution in [0.5, 0.6) is 0 Å². The van der Waals surface area contributed by atoms with Crippen LogP contribution in [-0.4, -0.2) is 18.6 Å². The minimum Gasteiger partial charge on any atom is -0.302 e. The van der Waals surface area contributed by atoms with Crippen LogP contribution in [0.4, 0.5) is 18.9 Å². The number of hydrogen-bond donors (Lipinski definition) is 0. The second-order valence-electron chi connectivity index (χ2n) is 7.23. The molecule has 2 nitrogen and oxygen atoms in total. The van der Waals surface area contributed by atoms with Gasteiger partial charge in [0.1, 0.15) is 6.54 Å². The molecule has 0 atom stereocenters. The van der Waals surface area contributed by atoms with E-state index in [1.54, 1.807) is 38.1 Å². The predicted molar refractivity (Wildman–Crippen MR) is 94.6 cm³/mol. The van der Waals surface area contributed by atoms with E-state index in [4.69, 9.17) is 0 Å². The second kappa shape index (κ2) is 6.70. The van der Waals surface area contributed by atoms with Gasteiger partial charge in [0.15, 0.2) is 0 Å². The Hall–Kier alpha value is -2.04. The Labute approximate surface area is 147 Å². The Morgan fingerprint density at radius 1 is 1.24 bits per heavy atom. The van der Waals surface area contributed by atoms with Crippen LogP contribution in [0, 0.1) is 5.92 Å². The van der Waals surface area contributed by atoms with Gasteiger partial charge in [-0.1, -0.05) is 36.9 Å². The largest absolute Gasteiger partial charge is 0.406 e. The molecule has 1 saturated carbocycles. The average molecular weight is 351 g/mol. The Bertz CT molecular complexity index is 699. The van der Waals surface area contributed by atoms with Gasteiger partial charge in [0.2, 0.25) is 5.91 Å². The van der Waals surface area contributed by atoms with Crippen molar-refractivity contribution in [1.29, 1.82) is 0 Å². The highest BCUT2D eigenvalue weighted by Gasteiger charge is 2.47. The molecule has 1 amide bonds. The molecule has 0 radical (unpaired) electrons. The number of para-hydroxylation sites is 1. The Balaban J connectivity index is 0.000000236. The molecule has 3 rings (SSSR count). The van der Waals surface area contributed by atoms with E-state index >= 15 is 0 Å². The summed E-state index contributed by atoms with van der Waals surface area (Å²) in [5.74, 6) is 0.295. The fourth-order valence-electron chi connectivity index (χ4n) is 2.92. The van der Waals surface area contributed by atoms with Crippen molar-refractivity contribution in [2.75, 3.05) is 11.4 Å². The molecule has 0 aromatic heterocycles. The Morgan fingerprint density at radius 3 is 2.24 bits per heavy atom. The number of allylic oxidation sites excluding steroid dienone is 2. The van der Waals surface area contributed by atoms with E-state index < -0.39 is 24.0 Å². The van der Waals surface area contributed by atoms with Crippen molar-refractivity contribution in [1.82, 2.24) is 0 Å². The van der Waals surface area contributed by atoms with Crippen molar-refractivity contribution in [3.8, 4) is 0 Å². The molecule has 0 N–H and O–H groups in total. The number of carbonyl (C=O) groups excluding carboxylic acids is 1. The van der Waals surface area contributed by atoms with E-state index in [1.807, 2.05) is 6.92 Å². The van der Waals surface area contributed by atoms with E-state index in [9.17, 15) is 18.0 Å². The quantitative estimate of drug-likeness (QED) is 0.668. The molecule has 5 heteroatoms. The molecule has 0 unspecified atom stereocenters. The van der Waals surface area contributed by atoms with E-state index in [0.29, 0.717) is 11.3 Å². The highest BCUT2D eigenvalue weighted by Crippen LogP contribution is 2.42. The number of anilines is 1. The molecule has 1 fully saturated rings. The van der Waals surface area contributed by atoms with Gasteiger partial charge in [-0.15, -0.1) is 0 Å². The van der Waals surface area contributed by atoms with Crippen molar-refractivity contribution >= 4 is 11.6 Å². The van der Waals surface area contributed by atoms with Crippen LogP contribution in [-0.2, 0) is 10.2 Å². The summed E-state index contributed by atoms with van der Waals surface area (Å²) in [5.41, 5.74) is 2.55. The van der Waals surface area contributed by atoms with Gasteiger partial charge in [-0.3, -0.25) is 4.79 Å². The molecule has 1 aliphatic heterocycles. The summed E-state index contributed by atoms with van der Waals surface area (Å²) in [6.45, 7) is 11.8. The van der Waals surface area contributed by atoms with Crippen LogP contribution in [0.3, 0.4) is 0 Å². The number of halogens is 3. The third-order valence-electron chi connectivity index (χ3n) is 4.60. The van der Waals surface area contributed by atoms with Gasteiger partial charge in [0.05, 0.1) is 5.41 Å². The molecule has 0 bridgehead atoms. The first kappa shape index (κ1) is 19.3. The average Bonchev–Trinajstić information content (AvgIpc) is 3.33. The number of nitrogens with zero attached hydrogens (tertiary/aromatic N) is 1. The minimum absolute atomic E-state index is 0.361. The molecule has 1 aliphatic carbocycles. The third-order valence-corrected chi connectivity index (χ3v) is 4.60. The molecule has 0 spiro atoms. The zero-order chi connectivity index (χ0) is 19.0. The van der Waals surface area contributed by atoms with E-state index in [2.05, 4.69) is 13.2 Å². The summed E-state index contributed by atoms with van der Waals surface area (Å²) >= 11 is 0. The standard InChI is InChI=1S/C12H12F3NO.C8H12/c1-11(2)8-5-3-4-6-9(8)16(10(11)17)7-12(13,14)15;1-6(2)7(3)8-4-5-8/h3-6H,7H2,1-2H3;8H,1,3-5H2,2H3. The zero-order valence-electron chi connectivity index (χ0n) is 14.9. The lowest BCUT2D eigenvalue weighted by Gasteiger charge is -2.21.